The summed E-state index contributed by atoms with van der Waals surface area (Å²) in [5.74, 6) is 0.659. The van der Waals surface area contributed by atoms with Gasteiger partial charge in [-0.25, -0.2) is 9.37 Å². The molecule has 1 aliphatic carbocycles. The van der Waals surface area contributed by atoms with Crippen LogP contribution in [0.15, 0.2) is 42.5 Å². The van der Waals surface area contributed by atoms with Crippen LogP contribution in [0.1, 0.15) is 89.6 Å². The molecule has 1 aromatic heterocycles. The molecule has 1 aliphatic heterocycles. The topological polar surface area (TPSA) is 103 Å². The van der Waals surface area contributed by atoms with Crippen molar-refractivity contribution in [2.24, 2.45) is 11.8 Å². The molecule has 2 aliphatic rings. The molecule has 8 nitrogen and oxygen atoms in total. The molecule has 3 aromatic rings. The first-order valence-electron chi connectivity index (χ1n) is 15.4. The number of nitrogens with zero attached hydrogens (tertiary/aromatic N) is 3. The van der Waals surface area contributed by atoms with E-state index in [1.54, 1.807) is 12.1 Å². The number of aliphatic hydroxyl groups is 2. The summed E-state index contributed by atoms with van der Waals surface area (Å²) < 4.78 is 15.7. The molecule has 1 saturated carbocycles. The van der Waals surface area contributed by atoms with Crippen molar-refractivity contribution in [3.63, 3.8) is 0 Å². The van der Waals surface area contributed by atoms with Crippen molar-refractivity contribution < 1.29 is 19.4 Å². The Hall–Kier alpha value is -3.01. The molecule has 1 unspecified atom stereocenters. The predicted molar refractivity (Wildman–Crippen MR) is 163 cm³/mol. The van der Waals surface area contributed by atoms with Crippen LogP contribution in [-0.4, -0.2) is 55.3 Å². The van der Waals surface area contributed by atoms with Gasteiger partial charge in [0.2, 0.25) is 11.9 Å². The zero-order valence-corrected chi connectivity index (χ0v) is 25.3. The number of benzene rings is 2. The highest BCUT2D eigenvalue weighted by Gasteiger charge is 2.32. The van der Waals surface area contributed by atoms with E-state index in [1.807, 2.05) is 33.8 Å². The van der Waals surface area contributed by atoms with Crippen LogP contribution in [0.5, 0.6) is 0 Å². The molecule has 228 valence electrons. The van der Waals surface area contributed by atoms with Gasteiger partial charge >= 0.3 is 0 Å². The van der Waals surface area contributed by atoms with Crippen LogP contribution < -0.4 is 10.6 Å². The minimum atomic E-state index is -1.05. The van der Waals surface area contributed by atoms with Crippen molar-refractivity contribution in [1.29, 1.82) is 0 Å². The zero-order valence-electron chi connectivity index (χ0n) is 25.3. The molecule has 2 aromatic carbocycles. The Labute approximate surface area is 248 Å². The second-order valence-electron chi connectivity index (χ2n) is 13.1. The van der Waals surface area contributed by atoms with E-state index in [2.05, 4.69) is 32.2 Å². The summed E-state index contributed by atoms with van der Waals surface area (Å²) in [7, 11) is 0. The van der Waals surface area contributed by atoms with Crippen LogP contribution >= 0.6 is 0 Å². The monoisotopic (exact) mass is 579 g/mol. The summed E-state index contributed by atoms with van der Waals surface area (Å²) in [6, 6.07) is 12.4. The lowest BCUT2D eigenvalue weighted by atomic mass is 9.83. The lowest BCUT2D eigenvalue weighted by Crippen LogP contribution is -2.41. The Morgan fingerprint density at radius 2 is 1.71 bits per heavy atom. The van der Waals surface area contributed by atoms with E-state index in [0.717, 1.165) is 69.2 Å². The van der Waals surface area contributed by atoms with Crippen molar-refractivity contribution >= 4 is 22.9 Å². The number of halogens is 1. The molecule has 0 bridgehead atoms. The maximum Gasteiger partial charge on any atom is 0.223 e. The van der Waals surface area contributed by atoms with Crippen LogP contribution in [0.3, 0.4) is 0 Å². The molecule has 2 fully saturated rings. The lowest BCUT2D eigenvalue weighted by molar-refractivity contribution is -0.126. The number of fused-ring (bicyclic) bond motifs is 1. The number of amides is 1. The highest BCUT2D eigenvalue weighted by molar-refractivity contribution is 5.80. The largest absolute Gasteiger partial charge is 0.390 e. The highest BCUT2D eigenvalue weighted by Crippen LogP contribution is 2.38. The van der Waals surface area contributed by atoms with E-state index >= 15 is 0 Å². The standard InChI is InChI=1S/C33H46FN5O3/c1-21(2)35-30(40)24-8-12-27(13-9-24)39-29-19-22(20-38-17-15-25(16-18-38)33(3,4)42)5-14-28(29)36-32(39)37-31(41)23-6-10-26(34)11-7-23/h5-7,10-11,14,19,21,24-25,27,31,41-42H,8-9,12-13,15-18,20H2,1-4H3,(H,35,40)(H,36,37)/t24-,27+,31?. The van der Waals surface area contributed by atoms with Gasteiger partial charge in [-0.1, -0.05) is 18.2 Å². The van der Waals surface area contributed by atoms with Crippen LogP contribution in [0.2, 0.25) is 0 Å². The average Bonchev–Trinajstić information content (AvgIpc) is 3.30. The third-order valence-corrected chi connectivity index (χ3v) is 9.06. The van der Waals surface area contributed by atoms with Gasteiger partial charge in [0.05, 0.1) is 16.6 Å². The molecule has 0 spiro atoms. The fourth-order valence-electron chi connectivity index (χ4n) is 6.61. The van der Waals surface area contributed by atoms with Gasteiger partial charge < -0.3 is 25.4 Å². The van der Waals surface area contributed by atoms with Gasteiger partial charge in [-0.15, -0.1) is 0 Å². The minimum Gasteiger partial charge on any atom is -0.390 e. The van der Waals surface area contributed by atoms with Gasteiger partial charge in [0.1, 0.15) is 5.82 Å². The van der Waals surface area contributed by atoms with Gasteiger partial charge in [0, 0.05) is 30.1 Å². The summed E-state index contributed by atoms with van der Waals surface area (Å²) in [4.78, 5) is 20.0. The van der Waals surface area contributed by atoms with Crippen LogP contribution in [0.25, 0.3) is 11.0 Å². The Morgan fingerprint density at radius 1 is 1.05 bits per heavy atom. The molecule has 42 heavy (non-hydrogen) atoms. The zero-order chi connectivity index (χ0) is 30.0. The normalized spacial score (nSPS) is 21.5. The van der Waals surface area contributed by atoms with Gasteiger partial charge in [0.15, 0.2) is 6.23 Å². The van der Waals surface area contributed by atoms with Crippen LogP contribution in [-0.2, 0) is 11.3 Å². The van der Waals surface area contributed by atoms with Crippen molar-refractivity contribution in [1.82, 2.24) is 19.8 Å². The lowest BCUT2D eigenvalue weighted by Gasteiger charge is -2.37. The van der Waals surface area contributed by atoms with E-state index in [-0.39, 0.29) is 29.7 Å². The third-order valence-electron chi connectivity index (χ3n) is 9.06. The SMILES string of the molecule is CC(C)NC(=O)[C@H]1CC[C@@H](n2c(NC(O)c3ccc(F)cc3)nc3ccc(CN4CCC(C(C)(C)O)CC4)cc32)CC1. The molecule has 0 radical (unpaired) electrons. The number of hydrogen-bond donors (Lipinski definition) is 4. The number of anilines is 1. The summed E-state index contributed by atoms with van der Waals surface area (Å²) in [6.07, 6.45) is 4.15. The third kappa shape index (κ3) is 7.13. The fraction of sp³-hybridized carbons (Fsp3) is 0.576. The second-order valence-corrected chi connectivity index (χ2v) is 13.1. The number of piperidine rings is 1. The van der Waals surface area contributed by atoms with Gasteiger partial charge in [-0.3, -0.25) is 9.69 Å². The summed E-state index contributed by atoms with van der Waals surface area (Å²) in [5.41, 5.74) is 2.95. The van der Waals surface area contributed by atoms with Gasteiger partial charge in [-0.2, -0.15) is 0 Å². The fourth-order valence-corrected chi connectivity index (χ4v) is 6.61. The number of nitrogens with one attached hydrogen (secondary N) is 2. The first-order chi connectivity index (χ1) is 20.0. The molecular formula is C33H46FN5O3. The molecule has 1 saturated heterocycles. The number of likely N-dealkylation sites (tertiary alicyclic amines) is 1. The predicted octanol–water partition coefficient (Wildman–Crippen LogP) is 5.52. The van der Waals surface area contributed by atoms with Crippen LogP contribution in [0, 0.1) is 17.7 Å². The Kier molecular flexibility index (Phi) is 9.20. The quantitative estimate of drug-likeness (QED) is 0.249. The number of aromatic nitrogens is 2. The Bertz CT molecular complexity index is 1350. The average molecular weight is 580 g/mol. The molecule has 2 heterocycles. The number of rotatable bonds is 9. The second kappa shape index (κ2) is 12.7. The maximum atomic E-state index is 13.5. The van der Waals surface area contributed by atoms with E-state index < -0.39 is 11.8 Å². The van der Waals surface area contributed by atoms with Crippen LogP contribution in [0.4, 0.5) is 10.3 Å². The highest BCUT2D eigenvalue weighted by atomic mass is 19.1. The molecule has 1 atom stereocenters. The molecule has 4 N–H and O–H groups in total. The number of imidazole rings is 1. The van der Waals surface area contributed by atoms with Crippen molar-refractivity contribution in [2.75, 3.05) is 18.4 Å². The minimum absolute atomic E-state index is 0.00189. The maximum absolute atomic E-state index is 13.5. The van der Waals surface area contributed by atoms with Crippen molar-refractivity contribution in [3.05, 3.63) is 59.4 Å². The van der Waals surface area contributed by atoms with Gasteiger partial charge in [0.25, 0.3) is 0 Å². The number of aliphatic hydroxyl groups excluding tert-OH is 1. The molecule has 5 rings (SSSR count). The van der Waals surface area contributed by atoms with Crippen molar-refractivity contribution in [2.45, 2.75) is 96.7 Å². The summed E-state index contributed by atoms with van der Waals surface area (Å²) in [5, 5.41) is 27.7. The molecule has 9 heteroatoms. The first-order valence-corrected chi connectivity index (χ1v) is 15.4. The smallest absolute Gasteiger partial charge is 0.223 e. The number of carbonyl (C=O) groups excluding carboxylic acids is 1. The van der Waals surface area contributed by atoms with E-state index in [4.69, 9.17) is 4.98 Å². The van der Waals surface area contributed by atoms with Gasteiger partial charge in [-0.05, 0) is 115 Å². The summed E-state index contributed by atoms with van der Waals surface area (Å²) in [6.45, 7) is 10.5. The summed E-state index contributed by atoms with van der Waals surface area (Å²) >= 11 is 0. The Morgan fingerprint density at radius 3 is 2.33 bits per heavy atom. The van der Waals surface area contributed by atoms with E-state index in [1.165, 1.54) is 17.7 Å². The van der Waals surface area contributed by atoms with E-state index in [9.17, 15) is 19.4 Å². The number of hydrogen-bond acceptors (Lipinski definition) is 6. The number of carbonyl (C=O) groups is 1. The van der Waals surface area contributed by atoms with Crippen molar-refractivity contribution in [3.8, 4) is 0 Å². The molecular weight excluding hydrogens is 533 g/mol. The Balaban J connectivity index is 1.39. The van der Waals surface area contributed by atoms with E-state index in [0.29, 0.717) is 17.4 Å². The molecule has 1 amide bonds. The first kappa shape index (κ1) is 30.4.